The third-order valence-electron chi connectivity index (χ3n) is 3.81. The zero-order valence-electron chi connectivity index (χ0n) is 11.8. The van der Waals surface area contributed by atoms with E-state index in [0.29, 0.717) is 0 Å². The molecule has 1 heterocycles. The van der Waals surface area contributed by atoms with Gasteiger partial charge in [0.15, 0.2) is 0 Å². The van der Waals surface area contributed by atoms with Crippen molar-refractivity contribution in [1.29, 1.82) is 0 Å². The largest absolute Gasteiger partial charge is 0.324 e. The molecule has 3 nitrogen and oxygen atoms in total. The van der Waals surface area contributed by atoms with Crippen molar-refractivity contribution in [3.63, 3.8) is 0 Å². The van der Waals surface area contributed by atoms with Crippen LogP contribution in [0.15, 0.2) is 5.38 Å². The van der Waals surface area contributed by atoms with Gasteiger partial charge in [0.05, 0.1) is 10.7 Å². The van der Waals surface area contributed by atoms with Crippen LogP contribution in [0.4, 0.5) is 0 Å². The highest BCUT2D eigenvalue weighted by Gasteiger charge is 2.31. The summed E-state index contributed by atoms with van der Waals surface area (Å²) in [5, 5.41) is 3.30. The summed E-state index contributed by atoms with van der Waals surface area (Å²) in [7, 11) is 2.16. The van der Waals surface area contributed by atoms with Crippen LogP contribution in [0.3, 0.4) is 0 Å². The van der Waals surface area contributed by atoms with Gasteiger partial charge in [-0.15, -0.1) is 11.3 Å². The molecule has 1 saturated carbocycles. The first kappa shape index (κ1) is 14.0. The monoisotopic (exact) mass is 267 g/mol. The third kappa shape index (κ3) is 3.77. The van der Waals surface area contributed by atoms with Crippen LogP contribution < -0.4 is 5.73 Å². The van der Waals surface area contributed by atoms with Crippen LogP contribution in [-0.4, -0.2) is 29.0 Å². The first-order chi connectivity index (χ1) is 8.47. The topological polar surface area (TPSA) is 42.2 Å². The average Bonchev–Trinajstić information content (AvgIpc) is 2.62. The van der Waals surface area contributed by atoms with Gasteiger partial charge in [-0.05, 0) is 32.7 Å². The van der Waals surface area contributed by atoms with E-state index in [9.17, 15) is 0 Å². The molecule has 2 N–H and O–H groups in total. The van der Waals surface area contributed by atoms with E-state index in [1.54, 1.807) is 11.3 Å². The summed E-state index contributed by atoms with van der Waals surface area (Å²) in [6.07, 6.45) is 4.94. The van der Waals surface area contributed by atoms with Gasteiger partial charge in [-0.2, -0.15) is 0 Å². The van der Waals surface area contributed by atoms with Gasteiger partial charge in [-0.25, -0.2) is 4.98 Å². The molecule has 0 spiro atoms. The van der Waals surface area contributed by atoms with Crippen LogP contribution in [-0.2, 0) is 6.54 Å². The molecule has 1 aliphatic carbocycles. The van der Waals surface area contributed by atoms with Crippen molar-refractivity contribution in [3.8, 4) is 0 Å². The van der Waals surface area contributed by atoms with E-state index in [1.165, 1.54) is 18.5 Å². The zero-order chi connectivity index (χ0) is 13.2. The molecule has 0 bridgehead atoms. The Bertz CT molecular complexity index is 390. The lowest BCUT2D eigenvalue weighted by molar-refractivity contribution is 0.164. The smallest absolute Gasteiger partial charge is 0.0897 e. The molecule has 4 heteroatoms. The molecule has 1 aromatic rings. The van der Waals surface area contributed by atoms with Crippen LogP contribution in [0.1, 0.15) is 43.3 Å². The number of aromatic nitrogens is 1. The molecule has 0 amide bonds. The molecule has 18 heavy (non-hydrogen) atoms. The van der Waals surface area contributed by atoms with Crippen LogP contribution in [0.2, 0.25) is 0 Å². The maximum absolute atomic E-state index is 6.55. The molecule has 2 unspecified atom stereocenters. The second-order valence-corrected chi connectivity index (χ2v) is 7.16. The van der Waals surface area contributed by atoms with E-state index >= 15 is 0 Å². The van der Waals surface area contributed by atoms with Gasteiger partial charge >= 0.3 is 0 Å². The van der Waals surface area contributed by atoms with Crippen LogP contribution in [0, 0.1) is 12.8 Å². The van der Waals surface area contributed by atoms with Gasteiger partial charge in [-0.1, -0.05) is 19.8 Å². The van der Waals surface area contributed by atoms with Crippen molar-refractivity contribution in [2.24, 2.45) is 11.7 Å². The summed E-state index contributed by atoms with van der Waals surface area (Å²) >= 11 is 1.72. The van der Waals surface area contributed by atoms with Crippen LogP contribution in [0.25, 0.3) is 0 Å². The van der Waals surface area contributed by atoms with E-state index in [4.69, 9.17) is 5.73 Å². The SMILES string of the molecule is Cc1nc(CN(C)CC2(N)CCCC(C)C2)cs1. The normalized spacial score (nSPS) is 28.8. The molecule has 1 fully saturated rings. The highest BCUT2D eigenvalue weighted by molar-refractivity contribution is 7.09. The number of hydrogen-bond acceptors (Lipinski definition) is 4. The Balaban J connectivity index is 1.88. The van der Waals surface area contributed by atoms with Crippen molar-refractivity contribution < 1.29 is 0 Å². The molecular formula is C14H25N3S. The highest BCUT2D eigenvalue weighted by Crippen LogP contribution is 2.31. The summed E-state index contributed by atoms with van der Waals surface area (Å²) < 4.78 is 0. The molecule has 0 saturated heterocycles. The summed E-state index contributed by atoms with van der Waals surface area (Å²) in [6, 6.07) is 0. The minimum Gasteiger partial charge on any atom is -0.324 e. The Morgan fingerprint density at radius 1 is 1.61 bits per heavy atom. The van der Waals surface area contributed by atoms with Gasteiger partial charge in [0.2, 0.25) is 0 Å². The van der Waals surface area contributed by atoms with E-state index < -0.39 is 0 Å². The Morgan fingerprint density at radius 3 is 3.00 bits per heavy atom. The Hall–Kier alpha value is -0.450. The number of rotatable bonds is 4. The molecular weight excluding hydrogens is 242 g/mol. The Labute approximate surface area is 114 Å². The highest BCUT2D eigenvalue weighted by atomic mass is 32.1. The third-order valence-corrected chi connectivity index (χ3v) is 4.63. The number of likely N-dealkylation sites (N-methyl/N-ethyl adjacent to an activating group) is 1. The van der Waals surface area contributed by atoms with E-state index in [2.05, 4.69) is 36.2 Å². The number of aryl methyl sites for hydroxylation is 1. The van der Waals surface area contributed by atoms with Gasteiger partial charge in [0.1, 0.15) is 0 Å². The number of nitrogens with zero attached hydrogens (tertiary/aromatic N) is 2. The second-order valence-electron chi connectivity index (χ2n) is 6.09. The maximum atomic E-state index is 6.55. The van der Waals surface area contributed by atoms with Crippen LogP contribution >= 0.6 is 11.3 Å². The minimum absolute atomic E-state index is 0.0114. The number of thiazole rings is 1. The van der Waals surface area contributed by atoms with E-state index in [1.807, 2.05) is 0 Å². The summed E-state index contributed by atoms with van der Waals surface area (Å²) in [4.78, 5) is 6.84. The molecule has 1 aromatic heterocycles. The summed E-state index contributed by atoms with van der Waals surface area (Å²) in [5.41, 5.74) is 7.73. The fourth-order valence-electron chi connectivity index (χ4n) is 3.20. The quantitative estimate of drug-likeness (QED) is 0.912. The second kappa shape index (κ2) is 5.68. The van der Waals surface area contributed by atoms with Gasteiger partial charge in [0, 0.05) is 24.0 Å². The van der Waals surface area contributed by atoms with Crippen molar-refractivity contribution >= 4 is 11.3 Å². The molecule has 1 aliphatic rings. The fourth-order valence-corrected chi connectivity index (χ4v) is 3.80. The molecule has 102 valence electrons. The lowest BCUT2D eigenvalue weighted by atomic mass is 9.77. The van der Waals surface area contributed by atoms with Gasteiger partial charge in [-0.3, -0.25) is 4.90 Å². The average molecular weight is 267 g/mol. The lowest BCUT2D eigenvalue weighted by Gasteiger charge is -2.39. The first-order valence-corrected chi connectivity index (χ1v) is 7.73. The minimum atomic E-state index is 0.0114. The molecule has 0 aliphatic heterocycles. The number of nitrogens with two attached hydrogens (primary N) is 1. The summed E-state index contributed by atoms with van der Waals surface area (Å²) in [6.45, 7) is 6.28. The predicted octanol–water partition coefficient (Wildman–Crippen LogP) is 2.79. The van der Waals surface area contributed by atoms with Crippen molar-refractivity contribution in [2.75, 3.05) is 13.6 Å². The first-order valence-electron chi connectivity index (χ1n) is 6.85. The lowest BCUT2D eigenvalue weighted by Crippen LogP contribution is -2.51. The number of hydrogen-bond donors (Lipinski definition) is 1. The van der Waals surface area contributed by atoms with Gasteiger partial charge < -0.3 is 5.73 Å². The zero-order valence-corrected chi connectivity index (χ0v) is 12.6. The molecule has 2 atom stereocenters. The fraction of sp³-hybridized carbons (Fsp3) is 0.786. The molecule has 0 radical (unpaired) electrons. The standard InChI is InChI=1S/C14H25N3S/c1-11-5-4-6-14(15,7-11)10-17(3)8-13-9-18-12(2)16-13/h9,11H,4-8,10,15H2,1-3H3. The Morgan fingerprint density at radius 2 is 2.39 bits per heavy atom. The predicted molar refractivity (Wildman–Crippen MR) is 77.7 cm³/mol. The van der Waals surface area contributed by atoms with Crippen molar-refractivity contribution in [2.45, 2.75) is 51.6 Å². The van der Waals surface area contributed by atoms with Crippen molar-refractivity contribution in [3.05, 3.63) is 16.1 Å². The van der Waals surface area contributed by atoms with Gasteiger partial charge in [0.25, 0.3) is 0 Å². The molecule has 2 rings (SSSR count). The van der Waals surface area contributed by atoms with E-state index in [0.717, 1.165) is 36.9 Å². The molecule has 0 aromatic carbocycles. The summed E-state index contributed by atoms with van der Waals surface area (Å²) in [5.74, 6) is 0.777. The van der Waals surface area contributed by atoms with Crippen molar-refractivity contribution in [1.82, 2.24) is 9.88 Å². The maximum Gasteiger partial charge on any atom is 0.0897 e. The van der Waals surface area contributed by atoms with Crippen LogP contribution in [0.5, 0.6) is 0 Å². The Kier molecular flexibility index (Phi) is 4.41. The van der Waals surface area contributed by atoms with E-state index in [-0.39, 0.29) is 5.54 Å².